The number of pyridine rings is 1. The Morgan fingerprint density at radius 3 is 2.55 bits per heavy atom. The summed E-state index contributed by atoms with van der Waals surface area (Å²) in [7, 11) is 0. The summed E-state index contributed by atoms with van der Waals surface area (Å²) in [6.07, 6.45) is 10.3. The summed E-state index contributed by atoms with van der Waals surface area (Å²) in [6, 6.07) is 4.11. The summed E-state index contributed by atoms with van der Waals surface area (Å²) in [4.78, 5) is 11.1. The number of aromatic nitrogens is 1. The van der Waals surface area contributed by atoms with E-state index in [2.05, 4.69) is 24.5 Å². The highest BCUT2D eigenvalue weighted by Gasteiger charge is 2.18. The lowest BCUT2D eigenvalue weighted by atomic mass is 10.1. The Labute approximate surface area is 122 Å². The fourth-order valence-electron chi connectivity index (χ4n) is 2.58. The van der Waals surface area contributed by atoms with Crippen molar-refractivity contribution in [2.24, 2.45) is 0 Å². The van der Waals surface area contributed by atoms with Gasteiger partial charge < -0.3 is 5.11 Å². The number of hydrogen-bond acceptors (Lipinski definition) is 1. The van der Waals surface area contributed by atoms with Gasteiger partial charge in [-0.25, -0.2) is 4.57 Å². The van der Waals surface area contributed by atoms with Crippen molar-refractivity contribution in [3.05, 3.63) is 29.6 Å². The Hall–Kier alpha value is -1.38. The minimum Gasteiger partial charge on any atom is -0.481 e. The molecule has 1 rings (SSSR count). The van der Waals surface area contributed by atoms with E-state index in [0.29, 0.717) is 0 Å². The second-order valence-electron chi connectivity index (χ2n) is 5.41. The zero-order valence-electron chi connectivity index (χ0n) is 12.9. The lowest BCUT2D eigenvalue weighted by Gasteiger charge is -2.07. The maximum absolute atomic E-state index is 11.1. The van der Waals surface area contributed by atoms with Crippen LogP contribution in [0.1, 0.15) is 63.6 Å². The summed E-state index contributed by atoms with van der Waals surface area (Å²) in [5.74, 6) is -0.742. The van der Waals surface area contributed by atoms with E-state index in [9.17, 15) is 4.79 Å². The van der Waals surface area contributed by atoms with Gasteiger partial charge in [0.25, 0.3) is 0 Å². The molecule has 1 aromatic rings. The minimum atomic E-state index is -0.742. The lowest BCUT2D eigenvalue weighted by Crippen LogP contribution is -2.40. The highest BCUT2D eigenvalue weighted by Crippen LogP contribution is 2.09. The largest absolute Gasteiger partial charge is 0.481 e. The Kier molecular flexibility index (Phi) is 7.93. The summed E-state index contributed by atoms with van der Waals surface area (Å²) in [6.45, 7) is 5.28. The van der Waals surface area contributed by atoms with E-state index in [-0.39, 0.29) is 6.42 Å². The first-order valence-corrected chi connectivity index (χ1v) is 7.91. The molecule has 0 aliphatic heterocycles. The number of carboxylic acid groups (broad SMARTS) is 1. The van der Waals surface area contributed by atoms with Crippen LogP contribution in [0.2, 0.25) is 0 Å². The monoisotopic (exact) mass is 278 g/mol. The SMILES string of the molecule is CCCCCCC[n+]1cccc(CCC)c1CC(=O)O. The second-order valence-corrected chi connectivity index (χ2v) is 5.41. The topological polar surface area (TPSA) is 41.2 Å². The molecule has 20 heavy (non-hydrogen) atoms. The molecule has 0 aliphatic carbocycles. The number of hydrogen-bond donors (Lipinski definition) is 1. The summed E-state index contributed by atoms with van der Waals surface area (Å²) in [5.41, 5.74) is 2.17. The van der Waals surface area contributed by atoms with Crippen molar-refractivity contribution in [2.75, 3.05) is 0 Å². The van der Waals surface area contributed by atoms with Crippen molar-refractivity contribution in [2.45, 2.75) is 71.8 Å². The summed E-state index contributed by atoms with van der Waals surface area (Å²) < 4.78 is 2.14. The number of carboxylic acids is 1. The molecule has 1 aromatic heterocycles. The Morgan fingerprint density at radius 1 is 1.15 bits per heavy atom. The third-order valence-corrected chi connectivity index (χ3v) is 3.62. The average molecular weight is 278 g/mol. The quantitative estimate of drug-likeness (QED) is 0.525. The number of nitrogens with zero attached hydrogens (tertiary/aromatic N) is 1. The van der Waals surface area contributed by atoms with Crippen LogP contribution in [0.15, 0.2) is 18.3 Å². The maximum atomic E-state index is 11.1. The van der Waals surface area contributed by atoms with E-state index in [1.165, 1.54) is 31.2 Å². The van der Waals surface area contributed by atoms with Gasteiger partial charge in [-0.1, -0.05) is 39.5 Å². The van der Waals surface area contributed by atoms with E-state index in [1.54, 1.807) is 0 Å². The van der Waals surface area contributed by atoms with Gasteiger partial charge in [0, 0.05) is 18.1 Å². The Balaban J connectivity index is 2.71. The number of aliphatic carboxylic acids is 1. The fraction of sp³-hybridized carbons (Fsp3) is 0.647. The van der Waals surface area contributed by atoms with E-state index < -0.39 is 5.97 Å². The molecule has 0 fully saturated rings. The fourth-order valence-corrected chi connectivity index (χ4v) is 2.58. The molecule has 3 heteroatoms. The van der Waals surface area contributed by atoms with E-state index in [1.807, 2.05) is 12.3 Å². The molecular weight excluding hydrogens is 250 g/mol. The number of rotatable bonds is 10. The summed E-state index contributed by atoms with van der Waals surface area (Å²) >= 11 is 0. The molecule has 1 N–H and O–H groups in total. The van der Waals surface area contributed by atoms with Crippen LogP contribution in [0.3, 0.4) is 0 Å². The van der Waals surface area contributed by atoms with E-state index in [0.717, 1.165) is 31.5 Å². The first-order chi connectivity index (χ1) is 9.69. The third kappa shape index (κ3) is 5.72. The molecule has 0 unspecified atom stereocenters. The predicted octanol–water partition coefficient (Wildman–Crippen LogP) is 3.52. The number of aryl methyl sites for hydroxylation is 2. The van der Waals surface area contributed by atoms with Gasteiger partial charge in [0.05, 0.1) is 0 Å². The molecule has 0 aliphatic rings. The van der Waals surface area contributed by atoms with Crippen LogP contribution in [0.5, 0.6) is 0 Å². The molecule has 0 spiro atoms. The van der Waals surface area contributed by atoms with Crippen LogP contribution in [-0.2, 0) is 24.2 Å². The van der Waals surface area contributed by atoms with Gasteiger partial charge in [0.2, 0.25) is 0 Å². The third-order valence-electron chi connectivity index (χ3n) is 3.62. The first-order valence-electron chi connectivity index (χ1n) is 7.91. The van der Waals surface area contributed by atoms with Crippen LogP contribution in [-0.4, -0.2) is 11.1 Å². The van der Waals surface area contributed by atoms with Gasteiger partial charge in [0.1, 0.15) is 13.0 Å². The molecule has 0 amide bonds. The van der Waals surface area contributed by atoms with Crippen molar-refractivity contribution >= 4 is 5.97 Å². The predicted molar refractivity (Wildman–Crippen MR) is 80.7 cm³/mol. The van der Waals surface area contributed by atoms with Crippen LogP contribution in [0, 0.1) is 0 Å². The van der Waals surface area contributed by atoms with Gasteiger partial charge >= 0.3 is 5.97 Å². The summed E-state index contributed by atoms with van der Waals surface area (Å²) in [5, 5.41) is 9.11. The highest BCUT2D eigenvalue weighted by atomic mass is 16.4. The van der Waals surface area contributed by atoms with Crippen molar-refractivity contribution in [1.82, 2.24) is 0 Å². The minimum absolute atomic E-state index is 0.130. The van der Waals surface area contributed by atoms with Crippen LogP contribution in [0.4, 0.5) is 0 Å². The Bertz CT molecular complexity index is 415. The normalized spacial score (nSPS) is 10.7. The molecule has 112 valence electrons. The molecule has 3 nitrogen and oxygen atoms in total. The second kappa shape index (κ2) is 9.51. The van der Waals surface area contributed by atoms with Crippen molar-refractivity contribution in [1.29, 1.82) is 0 Å². The lowest BCUT2D eigenvalue weighted by molar-refractivity contribution is -0.704. The van der Waals surface area contributed by atoms with E-state index >= 15 is 0 Å². The molecule has 0 aromatic carbocycles. The number of carbonyl (C=O) groups is 1. The maximum Gasteiger partial charge on any atom is 0.314 e. The van der Waals surface area contributed by atoms with E-state index in [4.69, 9.17) is 5.11 Å². The van der Waals surface area contributed by atoms with Gasteiger partial charge in [-0.2, -0.15) is 0 Å². The molecule has 0 radical (unpaired) electrons. The van der Waals surface area contributed by atoms with Gasteiger partial charge in [-0.05, 0) is 18.9 Å². The molecule has 1 heterocycles. The van der Waals surface area contributed by atoms with Crippen LogP contribution >= 0.6 is 0 Å². The number of unbranched alkanes of at least 4 members (excludes halogenated alkanes) is 4. The van der Waals surface area contributed by atoms with Gasteiger partial charge in [0.15, 0.2) is 11.9 Å². The van der Waals surface area contributed by atoms with Crippen LogP contribution in [0.25, 0.3) is 0 Å². The zero-order chi connectivity index (χ0) is 14.8. The molecular formula is C17H28NO2+. The van der Waals surface area contributed by atoms with Crippen molar-refractivity contribution in [3.8, 4) is 0 Å². The first kappa shape index (κ1) is 16.7. The molecule has 0 atom stereocenters. The standard InChI is InChI=1S/C17H27NO2/c1-3-5-6-7-8-12-18-13-9-11-15(10-4-2)16(18)14-17(19)20/h9,11,13H,3-8,10,12,14H2,1-2H3/p+1. The molecule has 0 saturated heterocycles. The van der Waals surface area contributed by atoms with Crippen LogP contribution < -0.4 is 4.57 Å². The molecule has 0 bridgehead atoms. The highest BCUT2D eigenvalue weighted by molar-refractivity contribution is 5.69. The Morgan fingerprint density at radius 2 is 1.90 bits per heavy atom. The van der Waals surface area contributed by atoms with Gasteiger partial charge in [-0.3, -0.25) is 4.79 Å². The zero-order valence-corrected chi connectivity index (χ0v) is 12.9. The molecule has 0 saturated carbocycles. The average Bonchev–Trinajstić information content (AvgIpc) is 2.41. The smallest absolute Gasteiger partial charge is 0.314 e. The van der Waals surface area contributed by atoms with Crippen molar-refractivity contribution in [3.63, 3.8) is 0 Å². The van der Waals surface area contributed by atoms with Gasteiger partial charge in [-0.15, -0.1) is 0 Å². The van der Waals surface area contributed by atoms with Crippen molar-refractivity contribution < 1.29 is 14.5 Å².